The van der Waals surface area contributed by atoms with Gasteiger partial charge in [-0.1, -0.05) is 0 Å². The van der Waals surface area contributed by atoms with Gasteiger partial charge >= 0.3 is 12.1 Å². The van der Waals surface area contributed by atoms with Crippen molar-refractivity contribution in [3.8, 4) is 17.1 Å². The molecule has 1 aromatic carbocycles. The number of ether oxygens (including phenoxy) is 2. The zero-order valence-electron chi connectivity index (χ0n) is 22.5. The van der Waals surface area contributed by atoms with E-state index in [0.29, 0.717) is 29.2 Å². The lowest BCUT2D eigenvalue weighted by Gasteiger charge is -2.40. The van der Waals surface area contributed by atoms with Crippen molar-refractivity contribution < 1.29 is 27.8 Å². The molecule has 40 heavy (non-hydrogen) atoms. The Labute approximate surface area is 229 Å². The average molecular weight is 551 g/mol. The lowest BCUT2D eigenvalue weighted by atomic mass is 10.1. The number of pyridine rings is 2. The Morgan fingerprint density at radius 3 is 2.42 bits per heavy atom. The van der Waals surface area contributed by atoms with Crippen LogP contribution in [-0.4, -0.2) is 74.9 Å². The Morgan fingerprint density at radius 2 is 1.75 bits per heavy atom. The van der Waals surface area contributed by atoms with Crippen LogP contribution < -0.4 is 4.90 Å². The Balaban J connectivity index is 1.55. The third-order valence-corrected chi connectivity index (χ3v) is 6.39. The quantitative estimate of drug-likeness (QED) is 0.346. The summed E-state index contributed by atoms with van der Waals surface area (Å²) in [4.78, 5) is 42.3. The van der Waals surface area contributed by atoms with Crippen LogP contribution >= 0.6 is 0 Å². The van der Waals surface area contributed by atoms with Crippen molar-refractivity contribution in [1.29, 1.82) is 0 Å². The highest BCUT2D eigenvalue weighted by molar-refractivity contribution is 5.84. The number of benzene rings is 1. The SMILES string of the molecule is COC(=O)[C@H]1CN(c2ccc3nc(-c4ccc(F)cc4F)n(-c4ccncc4)c3n2)CCN1C(=O)OC(C)(C)C. The van der Waals surface area contributed by atoms with Gasteiger partial charge in [-0.2, -0.15) is 0 Å². The molecule has 0 unspecified atom stereocenters. The average Bonchev–Trinajstić information content (AvgIpc) is 3.30. The summed E-state index contributed by atoms with van der Waals surface area (Å²) in [5, 5.41) is 0. The standard InChI is InChI=1S/C28H28F2N6O4/c1-28(2,3)40-27(38)35-14-13-34(16-22(35)26(37)39-4)23-8-7-21-25(33-23)36(18-9-11-31-12-10-18)24(32-21)19-6-5-17(29)15-20(19)30/h5-12,15,22H,13-14,16H2,1-4H3/t22-/m1/s1. The van der Waals surface area contributed by atoms with Crippen molar-refractivity contribution in [2.45, 2.75) is 32.4 Å². The molecule has 1 saturated heterocycles. The van der Waals surface area contributed by atoms with Crippen molar-refractivity contribution in [1.82, 2.24) is 24.4 Å². The van der Waals surface area contributed by atoms with Crippen molar-refractivity contribution in [2.75, 3.05) is 31.6 Å². The molecule has 0 saturated carbocycles. The van der Waals surface area contributed by atoms with Gasteiger partial charge in [0.1, 0.15) is 34.4 Å². The fourth-order valence-corrected chi connectivity index (χ4v) is 4.58. The van der Waals surface area contributed by atoms with Crippen LogP contribution in [0, 0.1) is 11.6 Å². The molecule has 1 amide bonds. The number of anilines is 1. The van der Waals surface area contributed by atoms with E-state index in [1.807, 2.05) is 4.90 Å². The summed E-state index contributed by atoms with van der Waals surface area (Å²) < 4.78 is 40.7. The number of rotatable bonds is 4. The normalized spacial score (nSPS) is 15.8. The van der Waals surface area contributed by atoms with E-state index >= 15 is 0 Å². The Hall–Kier alpha value is -4.61. The number of esters is 1. The summed E-state index contributed by atoms with van der Waals surface area (Å²) in [6.07, 6.45) is 2.58. The summed E-state index contributed by atoms with van der Waals surface area (Å²) >= 11 is 0. The number of aromatic nitrogens is 4. The monoisotopic (exact) mass is 550 g/mol. The van der Waals surface area contributed by atoms with E-state index < -0.39 is 35.3 Å². The van der Waals surface area contributed by atoms with Crippen LogP contribution in [0.4, 0.5) is 19.4 Å². The molecule has 12 heteroatoms. The highest BCUT2D eigenvalue weighted by Gasteiger charge is 2.39. The number of fused-ring (bicyclic) bond motifs is 1. The molecule has 1 aliphatic rings. The minimum Gasteiger partial charge on any atom is -0.467 e. The zero-order valence-corrected chi connectivity index (χ0v) is 22.5. The first-order valence-electron chi connectivity index (χ1n) is 12.6. The molecule has 0 aliphatic carbocycles. The minimum absolute atomic E-state index is 0.106. The van der Waals surface area contributed by atoms with E-state index in [9.17, 15) is 18.4 Å². The number of nitrogens with zero attached hydrogens (tertiary/aromatic N) is 6. The van der Waals surface area contributed by atoms with E-state index in [1.165, 1.54) is 24.1 Å². The molecule has 0 N–H and O–H groups in total. The number of methoxy groups -OCH3 is 1. The number of amides is 1. The first-order chi connectivity index (χ1) is 19.1. The van der Waals surface area contributed by atoms with E-state index in [1.54, 1.807) is 62.0 Å². The van der Waals surface area contributed by atoms with Gasteiger partial charge in [0.15, 0.2) is 11.7 Å². The molecular formula is C28H28F2N6O4. The lowest BCUT2D eigenvalue weighted by Crippen LogP contribution is -2.59. The van der Waals surface area contributed by atoms with Crippen LogP contribution in [0.25, 0.3) is 28.2 Å². The van der Waals surface area contributed by atoms with Gasteiger partial charge in [-0.05, 0) is 57.2 Å². The first-order valence-corrected chi connectivity index (χ1v) is 12.6. The summed E-state index contributed by atoms with van der Waals surface area (Å²) in [5.41, 5.74) is 0.912. The van der Waals surface area contributed by atoms with Crippen LogP contribution in [0.5, 0.6) is 0 Å². The number of carbonyl (C=O) groups is 2. The van der Waals surface area contributed by atoms with Gasteiger partial charge in [-0.15, -0.1) is 0 Å². The molecule has 1 fully saturated rings. The highest BCUT2D eigenvalue weighted by Crippen LogP contribution is 2.31. The van der Waals surface area contributed by atoms with Crippen LogP contribution in [0.2, 0.25) is 0 Å². The molecule has 3 aromatic heterocycles. The largest absolute Gasteiger partial charge is 0.467 e. The number of hydrogen-bond acceptors (Lipinski definition) is 8. The smallest absolute Gasteiger partial charge is 0.411 e. The molecule has 4 heterocycles. The first kappa shape index (κ1) is 27.0. The predicted molar refractivity (Wildman–Crippen MR) is 143 cm³/mol. The van der Waals surface area contributed by atoms with Gasteiger partial charge in [0, 0.05) is 31.5 Å². The lowest BCUT2D eigenvalue weighted by molar-refractivity contribution is -0.147. The fraction of sp³-hybridized carbons (Fsp3) is 0.321. The predicted octanol–water partition coefficient (Wildman–Crippen LogP) is 4.36. The van der Waals surface area contributed by atoms with Gasteiger partial charge in [-0.3, -0.25) is 14.5 Å². The number of carbonyl (C=O) groups excluding carboxylic acids is 2. The van der Waals surface area contributed by atoms with E-state index in [0.717, 1.165) is 6.07 Å². The maximum Gasteiger partial charge on any atom is 0.411 e. The molecule has 5 rings (SSSR count). The Morgan fingerprint density at radius 1 is 1.00 bits per heavy atom. The van der Waals surface area contributed by atoms with Gasteiger partial charge < -0.3 is 14.4 Å². The molecule has 10 nitrogen and oxygen atoms in total. The summed E-state index contributed by atoms with van der Waals surface area (Å²) in [7, 11) is 1.27. The van der Waals surface area contributed by atoms with Crippen molar-refractivity contribution in [3.05, 3.63) is 66.5 Å². The summed E-state index contributed by atoms with van der Waals surface area (Å²) in [6.45, 7) is 5.95. The van der Waals surface area contributed by atoms with Gasteiger partial charge in [0.2, 0.25) is 0 Å². The fourth-order valence-electron chi connectivity index (χ4n) is 4.58. The third-order valence-electron chi connectivity index (χ3n) is 6.39. The molecule has 208 valence electrons. The molecule has 0 bridgehead atoms. The Kier molecular flexibility index (Phi) is 7.09. The van der Waals surface area contributed by atoms with E-state index in [2.05, 4.69) is 9.97 Å². The number of hydrogen-bond donors (Lipinski definition) is 0. The summed E-state index contributed by atoms with van der Waals surface area (Å²) in [5.74, 6) is -1.27. The van der Waals surface area contributed by atoms with Crippen LogP contribution in [0.3, 0.4) is 0 Å². The molecule has 0 spiro atoms. The van der Waals surface area contributed by atoms with E-state index in [4.69, 9.17) is 14.5 Å². The van der Waals surface area contributed by atoms with Gasteiger partial charge in [0.05, 0.1) is 24.9 Å². The van der Waals surface area contributed by atoms with Gasteiger partial charge in [-0.25, -0.2) is 28.3 Å². The maximum atomic E-state index is 14.9. The zero-order chi connectivity index (χ0) is 28.6. The molecular weight excluding hydrogens is 522 g/mol. The maximum absolute atomic E-state index is 14.9. The minimum atomic E-state index is -0.917. The number of piperazine rings is 1. The molecule has 1 aliphatic heterocycles. The van der Waals surface area contributed by atoms with E-state index in [-0.39, 0.29) is 24.5 Å². The van der Waals surface area contributed by atoms with Crippen molar-refractivity contribution in [2.24, 2.45) is 0 Å². The van der Waals surface area contributed by atoms with Crippen LogP contribution in [0.15, 0.2) is 54.9 Å². The second kappa shape index (κ2) is 10.5. The number of imidazole rings is 1. The Bertz CT molecular complexity index is 1570. The highest BCUT2D eigenvalue weighted by atomic mass is 19.1. The summed E-state index contributed by atoms with van der Waals surface area (Å²) in [6, 6.07) is 9.34. The topological polar surface area (TPSA) is 103 Å². The molecule has 0 radical (unpaired) electrons. The van der Waals surface area contributed by atoms with Gasteiger partial charge in [0.25, 0.3) is 0 Å². The number of halogens is 2. The van der Waals surface area contributed by atoms with Crippen molar-refractivity contribution >= 4 is 29.0 Å². The molecule has 4 aromatic rings. The van der Waals surface area contributed by atoms with Crippen LogP contribution in [0.1, 0.15) is 20.8 Å². The second-order valence-electron chi connectivity index (χ2n) is 10.3. The third kappa shape index (κ3) is 5.29. The van der Waals surface area contributed by atoms with Crippen LogP contribution in [-0.2, 0) is 14.3 Å². The van der Waals surface area contributed by atoms with Crippen molar-refractivity contribution in [3.63, 3.8) is 0 Å². The second-order valence-corrected chi connectivity index (χ2v) is 10.3. The molecule has 1 atom stereocenters.